The van der Waals surface area contributed by atoms with E-state index in [1.54, 1.807) is 0 Å². The average Bonchev–Trinajstić information content (AvgIpc) is 2.80. The molecule has 88 valence electrons. The molecule has 1 atom stereocenters. The highest BCUT2D eigenvalue weighted by Gasteiger charge is 2.21. The maximum Gasteiger partial charge on any atom is 0.313 e. The Morgan fingerprint density at radius 3 is 2.71 bits per heavy atom. The van der Waals surface area contributed by atoms with Crippen LogP contribution in [0.1, 0.15) is 24.3 Å². The quantitative estimate of drug-likeness (QED) is 0.901. The van der Waals surface area contributed by atoms with Gasteiger partial charge < -0.3 is 5.11 Å². The van der Waals surface area contributed by atoms with Gasteiger partial charge in [-0.15, -0.1) is 11.3 Å². The van der Waals surface area contributed by atoms with Crippen LogP contribution in [0.15, 0.2) is 35.7 Å². The van der Waals surface area contributed by atoms with Gasteiger partial charge in [-0.2, -0.15) is 0 Å². The fraction of sp³-hybridized carbons (Fsp3) is 0.231. The summed E-state index contributed by atoms with van der Waals surface area (Å²) < 4.78 is 0. The number of carboxylic acids is 1. The number of carbonyl (C=O) groups is 1. The number of rotatable bonds is 4. The van der Waals surface area contributed by atoms with Gasteiger partial charge in [-0.3, -0.25) is 4.79 Å². The van der Waals surface area contributed by atoms with Crippen molar-refractivity contribution in [2.24, 2.45) is 0 Å². The zero-order valence-electron chi connectivity index (χ0n) is 9.46. The minimum Gasteiger partial charge on any atom is -0.481 e. The molecule has 0 bridgehead atoms. The molecular weight excluding hydrogens is 234 g/mol. The van der Waals surface area contributed by atoms with Gasteiger partial charge in [-0.05, 0) is 6.42 Å². The van der Waals surface area contributed by atoms with E-state index in [9.17, 15) is 4.79 Å². The van der Waals surface area contributed by atoms with E-state index in [2.05, 4.69) is 4.98 Å². The van der Waals surface area contributed by atoms with E-state index in [1.807, 2.05) is 42.6 Å². The van der Waals surface area contributed by atoms with E-state index < -0.39 is 11.9 Å². The molecule has 1 aromatic carbocycles. The smallest absolute Gasteiger partial charge is 0.313 e. The third kappa shape index (κ3) is 2.53. The Balaban J connectivity index is 2.30. The molecule has 0 fully saturated rings. The molecule has 0 amide bonds. The molecule has 1 N–H and O–H groups in total. The second-order valence-electron chi connectivity index (χ2n) is 3.74. The van der Waals surface area contributed by atoms with Crippen LogP contribution in [0.2, 0.25) is 0 Å². The molecule has 0 aliphatic heterocycles. The average molecular weight is 247 g/mol. The van der Waals surface area contributed by atoms with Crippen molar-refractivity contribution in [1.29, 1.82) is 0 Å². The van der Waals surface area contributed by atoms with Gasteiger partial charge >= 0.3 is 5.97 Å². The third-order valence-corrected chi connectivity index (χ3v) is 3.55. The molecule has 3 nitrogen and oxygen atoms in total. The van der Waals surface area contributed by atoms with Crippen LogP contribution in [-0.2, 0) is 4.79 Å². The van der Waals surface area contributed by atoms with Gasteiger partial charge in [0.25, 0.3) is 0 Å². The molecule has 0 aliphatic carbocycles. The standard InChI is InChI=1S/C13H13NO2S/c1-2-10(13(15)16)12-14-11(8-17-12)9-6-4-3-5-7-9/h3-8,10H,2H2,1H3,(H,15,16). The molecule has 17 heavy (non-hydrogen) atoms. The molecule has 0 spiro atoms. The van der Waals surface area contributed by atoms with Crippen molar-refractivity contribution in [3.05, 3.63) is 40.7 Å². The normalized spacial score (nSPS) is 12.3. The van der Waals surface area contributed by atoms with Crippen molar-refractivity contribution < 1.29 is 9.90 Å². The minimum absolute atomic E-state index is 0.488. The van der Waals surface area contributed by atoms with E-state index in [0.29, 0.717) is 11.4 Å². The lowest BCUT2D eigenvalue weighted by Crippen LogP contribution is -2.09. The molecule has 0 aliphatic rings. The number of hydrogen-bond acceptors (Lipinski definition) is 3. The predicted molar refractivity (Wildman–Crippen MR) is 68.2 cm³/mol. The molecule has 4 heteroatoms. The molecule has 2 aromatic rings. The first-order valence-electron chi connectivity index (χ1n) is 5.46. The van der Waals surface area contributed by atoms with Crippen molar-refractivity contribution in [1.82, 2.24) is 4.98 Å². The summed E-state index contributed by atoms with van der Waals surface area (Å²) in [6.45, 7) is 1.86. The van der Waals surface area contributed by atoms with Crippen LogP contribution in [0.25, 0.3) is 11.3 Å². The van der Waals surface area contributed by atoms with Crippen LogP contribution < -0.4 is 0 Å². The van der Waals surface area contributed by atoms with E-state index in [4.69, 9.17) is 5.11 Å². The van der Waals surface area contributed by atoms with Crippen molar-refractivity contribution in [3.63, 3.8) is 0 Å². The van der Waals surface area contributed by atoms with Crippen LogP contribution in [0.5, 0.6) is 0 Å². The van der Waals surface area contributed by atoms with Crippen molar-refractivity contribution in [3.8, 4) is 11.3 Å². The second kappa shape index (κ2) is 5.10. The Hall–Kier alpha value is -1.68. The number of carboxylic acid groups (broad SMARTS) is 1. The Morgan fingerprint density at radius 1 is 1.41 bits per heavy atom. The van der Waals surface area contributed by atoms with Gasteiger partial charge in [0.15, 0.2) is 0 Å². The summed E-state index contributed by atoms with van der Waals surface area (Å²) >= 11 is 1.41. The van der Waals surface area contributed by atoms with Crippen LogP contribution in [0.4, 0.5) is 0 Å². The van der Waals surface area contributed by atoms with Gasteiger partial charge in [0, 0.05) is 10.9 Å². The summed E-state index contributed by atoms with van der Waals surface area (Å²) in [6.07, 6.45) is 0.567. The van der Waals surface area contributed by atoms with Crippen molar-refractivity contribution in [2.45, 2.75) is 19.3 Å². The van der Waals surface area contributed by atoms with Gasteiger partial charge in [-0.1, -0.05) is 37.3 Å². The number of aromatic nitrogens is 1. The van der Waals surface area contributed by atoms with Crippen LogP contribution >= 0.6 is 11.3 Å². The lowest BCUT2D eigenvalue weighted by atomic mass is 10.1. The summed E-state index contributed by atoms with van der Waals surface area (Å²) in [5.74, 6) is -1.29. The summed E-state index contributed by atoms with van der Waals surface area (Å²) in [5.41, 5.74) is 1.88. The first-order chi connectivity index (χ1) is 8.22. The maximum atomic E-state index is 11.0. The van der Waals surface area contributed by atoms with Gasteiger partial charge in [0.05, 0.1) is 5.69 Å². The number of aliphatic carboxylic acids is 1. The zero-order valence-corrected chi connectivity index (χ0v) is 10.3. The molecule has 1 aromatic heterocycles. The van der Waals surface area contributed by atoms with Gasteiger partial charge in [0.2, 0.25) is 0 Å². The van der Waals surface area contributed by atoms with Crippen LogP contribution in [-0.4, -0.2) is 16.1 Å². The first-order valence-corrected chi connectivity index (χ1v) is 6.34. The SMILES string of the molecule is CCC(C(=O)O)c1nc(-c2ccccc2)cs1. The fourth-order valence-corrected chi connectivity index (χ4v) is 2.65. The van der Waals surface area contributed by atoms with Crippen LogP contribution in [0, 0.1) is 0 Å². The summed E-state index contributed by atoms with van der Waals surface area (Å²) in [4.78, 5) is 15.5. The van der Waals surface area contributed by atoms with Crippen LogP contribution in [0.3, 0.4) is 0 Å². The molecule has 2 rings (SSSR count). The molecule has 0 radical (unpaired) electrons. The fourth-order valence-electron chi connectivity index (χ4n) is 1.64. The molecule has 1 heterocycles. The summed E-state index contributed by atoms with van der Waals surface area (Å²) in [5, 5.41) is 11.7. The Kier molecular flexibility index (Phi) is 3.54. The Morgan fingerprint density at radius 2 is 2.12 bits per heavy atom. The molecule has 0 saturated heterocycles. The minimum atomic E-state index is -0.804. The van der Waals surface area contributed by atoms with Crippen molar-refractivity contribution >= 4 is 17.3 Å². The Bertz CT molecular complexity index is 507. The summed E-state index contributed by atoms with van der Waals surface area (Å²) in [6, 6.07) is 9.79. The number of thiazole rings is 1. The highest BCUT2D eigenvalue weighted by atomic mass is 32.1. The number of benzene rings is 1. The van der Waals surface area contributed by atoms with E-state index in [-0.39, 0.29) is 0 Å². The molecule has 1 unspecified atom stereocenters. The number of hydrogen-bond donors (Lipinski definition) is 1. The van der Waals surface area contributed by atoms with Crippen molar-refractivity contribution in [2.75, 3.05) is 0 Å². The monoisotopic (exact) mass is 247 g/mol. The predicted octanol–water partition coefficient (Wildman–Crippen LogP) is 3.39. The lowest BCUT2D eigenvalue weighted by molar-refractivity contribution is -0.138. The molecular formula is C13H13NO2S. The van der Waals surface area contributed by atoms with E-state index in [0.717, 1.165) is 11.3 Å². The zero-order chi connectivity index (χ0) is 12.3. The highest BCUT2D eigenvalue weighted by molar-refractivity contribution is 7.10. The number of nitrogens with zero attached hydrogens (tertiary/aromatic N) is 1. The maximum absolute atomic E-state index is 11.0. The lowest BCUT2D eigenvalue weighted by Gasteiger charge is -2.04. The van der Waals surface area contributed by atoms with Gasteiger partial charge in [0.1, 0.15) is 10.9 Å². The second-order valence-corrected chi connectivity index (χ2v) is 4.63. The topological polar surface area (TPSA) is 50.2 Å². The summed E-state index contributed by atoms with van der Waals surface area (Å²) in [7, 11) is 0. The first kappa shape index (κ1) is 11.8. The highest BCUT2D eigenvalue weighted by Crippen LogP contribution is 2.28. The Labute approximate surface area is 104 Å². The largest absolute Gasteiger partial charge is 0.481 e. The van der Waals surface area contributed by atoms with E-state index >= 15 is 0 Å². The third-order valence-electron chi connectivity index (χ3n) is 2.60. The van der Waals surface area contributed by atoms with E-state index in [1.165, 1.54) is 11.3 Å². The molecule has 0 saturated carbocycles. The van der Waals surface area contributed by atoms with Gasteiger partial charge in [-0.25, -0.2) is 4.98 Å².